The topological polar surface area (TPSA) is 52.7 Å². The number of likely N-dealkylation sites (tertiary alicyclic amines) is 1. The minimum Gasteiger partial charge on any atom is -0.314 e. The summed E-state index contributed by atoms with van der Waals surface area (Å²) in [4.78, 5) is 28.7. The molecule has 2 amide bonds. The van der Waals surface area contributed by atoms with Crippen LogP contribution in [0.15, 0.2) is 54.6 Å². The lowest BCUT2D eigenvalue weighted by molar-refractivity contribution is 0.0651. The molecule has 1 saturated heterocycles. The Morgan fingerprint density at radius 3 is 2.10 bits per heavy atom. The van der Waals surface area contributed by atoms with E-state index in [1.165, 1.54) is 23.3 Å². The highest BCUT2D eigenvalue weighted by atomic mass is 16.2. The lowest BCUT2D eigenvalue weighted by atomic mass is 10.0. The molecule has 2 aromatic rings. The van der Waals surface area contributed by atoms with E-state index in [-0.39, 0.29) is 11.8 Å². The normalized spacial score (nSPS) is 17.5. The molecule has 158 valence electrons. The Bertz CT molecular complexity index is 825. The van der Waals surface area contributed by atoms with Crippen LogP contribution in [0.2, 0.25) is 0 Å². The van der Waals surface area contributed by atoms with Gasteiger partial charge in [-0.1, -0.05) is 48.9 Å². The van der Waals surface area contributed by atoms with Crippen molar-refractivity contribution in [2.45, 2.75) is 44.7 Å². The molecule has 2 aliphatic rings. The molecule has 0 radical (unpaired) electrons. The van der Waals surface area contributed by atoms with Crippen LogP contribution >= 0.6 is 0 Å². The lowest BCUT2D eigenvalue weighted by Crippen LogP contribution is -2.42. The zero-order chi connectivity index (χ0) is 20.8. The standard InChI is InChI=1S/C25H31N3O2/c29-24-22-11-5-6-12-23(22)25(30)28(24)16-8-2-7-15-26-21-13-17-27(18-14-21)19-20-9-3-1-4-10-20/h1,3-6,9-12,21,26H,2,7-8,13-19H2. The molecule has 5 nitrogen and oxygen atoms in total. The number of rotatable bonds is 9. The number of benzene rings is 2. The van der Waals surface area contributed by atoms with E-state index in [9.17, 15) is 9.59 Å². The molecule has 2 heterocycles. The number of nitrogens with zero attached hydrogens (tertiary/aromatic N) is 2. The van der Waals surface area contributed by atoms with Crippen molar-refractivity contribution in [1.82, 2.24) is 15.1 Å². The van der Waals surface area contributed by atoms with Crippen LogP contribution < -0.4 is 5.32 Å². The fourth-order valence-electron chi connectivity index (χ4n) is 4.46. The third-order valence-corrected chi connectivity index (χ3v) is 6.21. The van der Waals surface area contributed by atoms with Crippen molar-refractivity contribution in [3.63, 3.8) is 0 Å². The molecule has 4 rings (SSSR count). The Hall–Kier alpha value is -2.50. The zero-order valence-electron chi connectivity index (χ0n) is 17.6. The number of unbranched alkanes of at least 4 members (excludes halogenated alkanes) is 2. The van der Waals surface area contributed by atoms with Crippen LogP contribution in [0.4, 0.5) is 0 Å². The Morgan fingerprint density at radius 2 is 1.43 bits per heavy atom. The summed E-state index contributed by atoms with van der Waals surface area (Å²) >= 11 is 0. The zero-order valence-corrected chi connectivity index (χ0v) is 17.6. The predicted molar refractivity (Wildman–Crippen MR) is 118 cm³/mol. The van der Waals surface area contributed by atoms with Crippen LogP contribution in [-0.4, -0.2) is 53.8 Å². The summed E-state index contributed by atoms with van der Waals surface area (Å²) in [5.74, 6) is -0.285. The van der Waals surface area contributed by atoms with E-state index in [0.717, 1.165) is 45.4 Å². The van der Waals surface area contributed by atoms with Crippen molar-refractivity contribution in [2.75, 3.05) is 26.2 Å². The van der Waals surface area contributed by atoms with Crippen LogP contribution in [0.25, 0.3) is 0 Å². The first-order valence-electron chi connectivity index (χ1n) is 11.2. The van der Waals surface area contributed by atoms with Gasteiger partial charge in [0.05, 0.1) is 11.1 Å². The van der Waals surface area contributed by atoms with E-state index in [4.69, 9.17) is 0 Å². The van der Waals surface area contributed by atoms with Gasteiger partial charge >= 0.3 is 0 Å². The molecule has 5 heteroatoms. The fourth-order valence-corrected chi connectivity index (χ4v) is 4.46. The van der Waals surface area contributed by atoms with E-state index < -0.39 is 0 Å². The highest BCUT2D eigenvalue weighted by molar-refractivity contribution is 6.21. The van der Waals surface area contributed by atoms with Gasteiger partial charge in [-0.25, -0.2) is 0 Å². The first-order valence-corrected chi connectivity index (χ1v) is 11.2. The van der Waals surface area contributed by atoms with Gasteiger partial charge in [0.25, 0.3) is 11.8 Å². The van der Waals surface area contributed by atoms with Crippen molar-refractivity contribution in [2.24, 2.45) is 0 Å². The summed E-state index contributed by atoms with van der Waals surface area (Å²) in [6, 6.07) is 18.4. The van der Waals surface area contributed by atoms with Crippen LogP contribution in [0, 0.1) is 0 Å². The highest BCUT2D eigenvalue weighted by Crippen LogP contribution is 2.22. The molecule has 0 aromatic heterocycles. The van der Waals surface area contributed by atoms with Crippen LogP contribution in [0.5, 0.6) is 0 Å². The third-order valence-electron chi connectivity index (χ3n) is 6.21. The molecule has 0 spiro atoms. The van der Waals surface area contributed by atoms with Gasteiger partial charge in [0.15, 0.2) is 0 Å². The Balaban J connectivity index is 1.08. The summed E-state index contributed by atoms with van der Waals surface area (Å²) in [5.41, 5.74) is 2.48. The maximum Gasteiger partial charge on any atom is 0.261 e. The second-order valence-corrected chi connectivity index (χ2v) is 8.36. The van der Waals surface area contributed by atoms with Crippen LogP contribution in [-0.2, 0) is 6.54 Å². The highest BCUT2D eigenvalue weighted by Gasteiger charge is 2.34. The monoisotopic (exact) mass is 405 g/mol. The molecule has 2 aromatic carbocycles. The Kier molecular flexibility index (Phi) is 6.92. The summed E-state index contributed by atoms with van der Waals surface area (Å²) in [6.45, 7) is 4.86. The van der Waals surface area contributed by atoms with Crippen molar-refractivity contribution in [3.8, 4) is 0 Å². The Labute approximate surface area is 179 Å². The Morgan fingerprint density at radius 1 is 0.800 bits per heavy atom. The van der Waals surface area contributed by atoms with E-state index >= 15 is 0 Å². The van der Waals surface area contributed by atoms with E-state index in [0.29, 0.717) is 23.7 Å². The molecule has 2 aliphatic heterocycles. The number of hydrogen-bond donors (Lipinski definition) is 1. The lowest BCUT2D eigenvalue weighted by Gasteiger charge is -2.32. The van der Waals surface area contributed by atoms with Crippen LogP contribution in [0.1, 0.15) is 58.4 Å². The third kappa shape index (κ3) is 4.97. The number of carbonyl (C=O) groups excluding carboxylic acids is 2. The predicted octanol–water partition coefficient (Wildman–Crippen LogP) is 3.71. The number of fused-ring (bicyclic) bond motifs is 1. The van der Waals surface area contributed by atoms with Gasteiger partial charge in [-0.15, -0.1) is 0 Å². The molecule has 0 atom stereocenters. The largest absolute Gasteiger partial charge is 0.314 e. The molecule has 0 aliphatic carbocycles. The average Bonchev–Trinajstić information content (AvgIpc) is 3.03. The molecule has 1 fully saturated rings. The first kappa shape index (κ1) is 20.8. The molecular formula is C25H31N3O2. The SMILES string of the molecule is O=C1c2ccccc2C(=O)N1CCCCCNC1CCN(Cc2ccccc2)CC1. The minimum atomic E-state index is -0.143. The summed E-state index contributed by atoms with van der Waals surface area (Å²) in [7, 11) is 0. The van der Waals surface area contributed by atoms with Crippen molar-refractivity contribution < 1.29 is 9.59 Å². The smallest absolute Gasteiger partial charge is 0.261 e. The molecule has 0 saturated carbocycles. The second kappa shape index (κ2) is 10.0. The maximum atomic E-state index is 12.4. The number of carbonyl (C=O) groups is 2. The average molecular weight is 406 g/mol. The van der Waals surface area contributed by atoms with Gasteiger partial charge in [-0.05, 0) is 63.0 Å². The number of amides is 2. The molecular weight excluding hydrogens is 374 g/mol. The van der Waals surface area contributed by atoms with Crippen molar-refractivity contribution in [1.29, 1.82) is 0 Å². The van der Waals surface area contributed by atoms with Crippen molar-refractivity contribution >= 4 is 11.8 Å². The maximum absolute atomic E-state index is 12.4. The number of hydrogen-bond acceptors (Lipinski definition) is 4. The molecule has 30 heavy (non-hydrogen) atoms. The summed E-state index contributed by atoms with van der Waals surface area (Å²) in [6.07, 6.45) is 5.35. The van der Waals surface area contributed by atoms with E-state index in [1.54, 1.807) is 12.1 Å². The molecule has 1 N–H and O–H groups in total. The number of piperidine rings is 1. The van der Waals surface area contributed by atoms with Gasteiger partial charge in [0.1, 0.15) is 0 Å². The van der Waals surface area contributed by atoms with Gasteiger partial charge < -0.3 is 5.32 Å². The summed E-state index contributed by atoms with van der Waals surface area (Å²) < 4.78 is 0. The van der Waals surface area contributed by atoms with Gasteiger partial charge in [0, 0.05) is 19.1 Å². The van der Waals surface area contributed by atoms with Gasteiger partial charge in [-0.2, -0.15) is 0 Å². The fraction of sp³-hybridized carbons (Fsp3) is 0.440. The minimum absolute atomic E-state index is 0.143. The summed E-state index contributed by atoms with van der Waals surface area (Å²) in [5, 5.41) is 3.69. The van der Waals surface area contributed by atoms with E-state index in [2.05, 4.69) is 40.5 Å². The second-order valence-electron chi connectivity index (χ2n) is 8.36. The molecule has 0 bridgehead atoms. The number of imide groups is 1. The van der Waals surface area contributed by atoms with E-state index in [1.807, 2.05) is 12.1 Å². The van der Waals surface area contributed by atoms with Gasteiger partial charge in [-0.3, -0.25) is 19.4 Å². The van der Waals surface area contributed by atoms with Crippen molar-refractivity contribution in [3.05, 3.63) is 71.3 Å². The van der Waals surface area contributed by atoms with Gasteiger partial charge in [0.2, 0.25) is 0 Å². The number of nitrogens with one attached hydrogen (secondary N) is 1. The van der Waals surface area contributed by atoms with Crippen LogP contribution in [0.3, 0.4) is 0 Å². The first-order chi connectivity index (χ1) is 14.7. The quantitative estimate of drug-likeness (QED) is 0.510. The molecule has 0 unspecified atom stereocenters.